The number of para-hydroxylation sites is 1. The summed E-state index contributed by atoms with van der Waals surface area (Å²) in [5.74, 6) is -1.38. The molecule has 0 bridgehead atoms. The maximum absolute atomic E-state index is 13.0. The van der Waals surface area contributed by atoms with Gasteiger partial charge in [0.15, 0.2) is 7.05 Å². The molecule has 1 aliphatic carbocycles. The molecule has 1 spiro atoms. The number of sulfone groups is 1. The maximum atomic E-state index is 13.0. The summed E-state index contributed by atoms with van der Waals surface area (Å²) < 4.78 is 32.8. The highest BCUT2D eigenvalue weighted by atomic mass is 32.2. The first-order valence-corrected chi connectivity index (χ1v) is 10.9. The number of hydrogen-bond acceptors (Lipinski definition) is 6. The average Bonchev–Trinajstić information content (AvgIpc) is 3.02. The molecule has 1 saturated heterocycles. The molecule has 9 nitrogen and oxygen atoms in total. The van der Waals surface area contributed by atoms with E-state index in [1.54, 1.807) is 30.8 Å². The number of hydrazine groups is 1. The van der Waals surface area contributed by atoms with Crippen molar-refractivity contribution in [3.05, 3.63) is 30.3 Å². The van der Waals surface area contributed by atoms with Crippen LogP contribution in [0.25, 0.3) is 0 Å². The van der Waals surface area contributed by atoms with Gasteiger partial charge in [0.2, 0.25) is 14.8 Å². The van der Waals surface area contributed by atoms with Crippen LogP contribution in [0.15, 0.2) is 35.4 Å². The second-order valence-electron chi connectivity index (χ2n) is 7.33. The maximum Gasteiger partial charge on any atom is 0.386 e. The molecule has 2 fully saturated rings. The molecule has 4 rings (SSSR count). The van der Waals surface area contributed by atoms with E-state index in [9.17, 15) is 18.0 Å². The van der Waals surface area contributed by atoms with Gasteiger partial charge in [-0.3, -0.25) is 4.79 Å². The second kappa shape index (κ2) is 6.87. The molecule has 0 aromatic heterocycles. The van der Waals surface area contributed by atoms with E-state index in [-0.39, 0.29) is 18.6 Å². The molecule has 3 aliphatic rings. The molecule has 2 aliphatic heterocycles. The number of hydrogen-bond donors (Lipinski definition) is 1. The van der Waals surface area contributed by atoms with Crippen molar-refractivity contribution in [3.63, 3.8) is 0 Å². The number of nitrogens with one attached hydrogen (secondary N) is 1. The van der Waals surface area contributed by atoms with Crippen molar-refractivity contribution in [2.45, 2.75) is 44.0 Å². The van der Waals surface area contributed by atoms with Crippen LogP contribution in [0.5, 0.6) is 0 Å². The minimum Gasteiger partial charge on any atom is -0.437 e. The third-order valence-electron chi connectivity index (χ3n) is 5.64. The minimum atomic E-state index is -4.05. The normalized spacial score (nSPS) is 26.1. The van der Waals surface area contributed by atoms with E-state index in [1.165, 1.54) is 5.01 Å². The summed E-state index contributed by atoms with van der Waals surface area (Å²) in [6.07, 6.45) is 2.79. The zero-order valence-corrected chi connectivity index (χ0v) is 17.0. The van der Waals surface area contributed by atoms with Crippen molar-refractivity contribution in [3.8, 4) is 0 Å². The van der Waals surface area contributed by atoms with Crippen LogP contribution in [0.2, 0.25) is 0 Å². The number of esters is 1. The second-order valence-corrected chi connectivity index (χ2v) is 9.47. The third kappa shape index (κ3) is 2.89. The van der Waals surface area contributed by atoms with Gasteiger partial charge in [-0.05, 0) is 25.0 Å². The van der Waals surface area contributed by atoms with E-state index in [4.69, 9.17) is 4.74 Å². The van der Waals surface area contributed by atoms with Gasteiger partial charge in [0.05, 0.1) is 0 Å². The van der Waals surface area contributed by atoms with Crippen molar-refractivity contribution < 1.29 is 32.5 Å². The van der Waals surface area contributed by atoms with Gasteiger partial charge in [0, 0.05) is 24.9 Å². The predicted octanol–water partition coefficient (Wildman–Crippen LogP) is -0.481. The smallest absolute Gasteiger partial charge is 0.386 e. The largest absolute Gasteiger partial charge is 0.437 e. The number of ether oxygens (including phenoxy) is 1. The lowest BCUT2D eigenvalue weighted by atomic mass is 9.97. The topological polar surface area (TPSA) is 110 Å². The zero-order valence-electron chi connectivity index (χ0n) is 16.2. The van der Waals surface area contributed by atoms with Crippen molar-refractivity contribution in [1.82, 2.24) is 0 Å². The SMILES string of the molecule is CC1=[N+](C)N(c2ccccc2)C(=O)C1=[NH+]N=C1C(=O)OC2(CCCCC2)S1(=O)=O. The number of amides is 1. The van der Waals surface area contributed by atoms with Crippen molar-refractivity contribution >= 4 is 43.9 Å². The Kier molecular flexibility index (Phi) is 4.60. The number of benzene rings is 1. The zero-order chi connectivity index (χ0) is 20.8. The molecular formula is C19H22N4O5S+2. The summed E-state index contributed by atoms with van der Waals surface area (Å²) in [5, 5.41) is 7.10. The van der Waals surface area contributed by atoms with Crippen LogP contribution in [-0.4, -0.2) is 53.4 Å². The molecule has 10 heteroatoms. The minimum absolute atomic E-state index is 0.0939. The van der Waals surface area contributed by atoms with Gasteiger partial charge in [-0.1, -0.05) is 39.4 Å². The summed E-state index contributed by atoms with van der Waals surface area (Å²) >= 11 is 0. The average molecular weight is 418 g/mol. The predicted molar refractivity (Wildman–Crippen MR) is 105 cm³/mol. The fourth-order valence-corrected chi connectivity index (χ4v) is 5.71. The lowest BCUT2D eigenvalue weighted by Gasteiger charge is -2.29. The molecule has 1 aromatic carbocycles. The summed E-state index contributed by atoms with van der Waals surface area (Å²) in [6.45, 7) is 1.70. The van der Waals surface area contributed by atoms with Crippen LogP contribution in [0, 0.1) is 0 Å². The summed E-state index contributed by atoms with van der Waals surface area (Å²) in [5.41, 5.74) is 1.29. The number of rotatable bonds is 2. The summed E-state index contributed by atoms with van der Waals surface area (Å²) in [4.78, 5) is 23.7. The molecule has 1 aromatic rings. The lowest BCUT2D eigenvalue weighted by molar-refractivity contribution is -0.496. The number of carbonyl (C=O) groups excluding carboxylic acids is 2. The fraction of sp³-hybridized carbons (Fsp3) is 0.421. The molecule has 0 radical (unpaired) electrons. The molecule has 0 atom stereocenters. The van der Waals surface area contributed by atoms with Gasteiger partial charge in [-0.2, -0.15) is 0 Å². The molecule has 152 valence electrons. The van der Waals surface area contributed by atoms with Gasteiger partial charge < -0.3 is 4.74 Å². The van der Waals surface area contributed by atoms with E-state index in [0.717, 1.165) is 6.42 Å². The van der Waals surface area contributed by atoms with Gasteiger partial charge in [0.25, 0.3) is 5.71 Å². The first-order valence-electron chi connectivity index (χ1n) is 9.44. The Bertz CT molecular complexity index is 1080. The fourth-order valence-electron chi connectivity index (χ4n) is 3.92. The van der Waals surface area contributed by atoms with Crippen LogP contribution < -0.4 is 10.1 Å². The molecule has 2 heterocycles. The van der Waals surface area contributed by atoms with Crippen molar-refractivity contribution in [1.29, 1.82) is 0 Å². The van der Waals surface area contributed by atoms with Crippen LogP contribution in [0.4, 0.5) is 5.69 Å². The third-order valence-corrected chi connectivity index (χ3v) is 7.87. The number of anilines is 1. The van der Waals surface area contributed by atoms with E-state index in [1.807, 2.05) is 18.2 Å². The highest BCUT2D eigenvalue weighted by Gasteiger charge is 2.60. The van der Waals surface area contributed by atoms with E-state index >= 15 is 0 Å². The van der Waals surface area contributed by atoms with Gasteiger partial charge in [0.1, 0.15) is 5.69 Å². The van der Waals surface area contributed by atoms with Crippen molar-refractivity contribution in [2.24, 2.45) is 5.10 Å². The van der Waals surface area contributed by atoms with E-state index < -0.39 is 31.7 Å². The van der Waals surface area contributed by atoms with Crippen molar-refractivity contribution in [2.75, 3.05) is 12.1 Å². The van der Waals surface area contributed by atoms with E-state index in [2.05, 4.69) is 10.2 Å². The summed E-state index contributed by atoms with van der Waals surface area (Å²) in [6, 6.07) is 9.02. The first-order chi connectivity index (χ1) is 13.8. The molecule has 1 N–H and O–H groups in total. The molecular weight excluding hydrogens is 396 g/mol. The van der Waals surface area contributed by atoms with Gasteiger partial charge in [-0.15, -0.1) is 0 Å². The standard InChI is InChI=1S/C19H21N4O5S/c1-13-15(17(24)23(22(13)2)14-9-5-3-6-10-14)20-21-16-18(25)28-19(29(16,26)27)11-7-4-8-12-19/h3,5-6,9-10H,4,7-8,11-12H2,1-2H3/q+1/p+1. The van der Waals surface area contributed by atoms with Gasteiger partial charge in [-0.25, -0.2) is 13.2 Å². The molecule has 1 saturated carbocycles. The highest BCUT2D eigenvalue weighted by Crippen LogP contribution is 2.41. The lowest BCUT2D eigenvalue weighted by Crippen LogP contribution is -2.71. The highest BCUT2D eigenvalue weighted by molar-refractivity contribution is 8.09. The number of nitrogens with zero attached hydrogens (tertiary/aromatic N) is 3. The van der Waals surface area contributed by atoms with Crippen LogP contribution >= 0.6 is 0 Å². The van der Waals surface area contributed by atoms with E-state index in [0.29, 0.717) is 24.2 Å². The Labute approximate surface area is 168 Å². The number of carbonyl (C=O) groups is 2. The Morgan fingerprint density at radius 1 is 1.14 bits per heavy atom. The Morgan fingerprint density at radius 3 is 2.45 bits per heavy atom. The van der Waals surface area contributed by atoms with Crippen LogP contribution in [-0.2, 0) is 24.2 Å². The molecule has 0 unspecified atom stereocenters. The first kappa shape index (κ1) is 19.4. The molecule has 1 amide bonds. The van der Waals surface area contributed by atoms with Gasteiger partial charge >= 0.3 is 22.6 Å². The quantitative estimate of drug-likeness (QED) is 0.396. The Balaban J connectivity index is 1.71. The number of hydrazone groups is 2. The van der Waals surface area contributed by atoms with Crippen LogP contribution in [0.3, 0.4) is 0 Å². The molecule has 29 heavy (non-hydrogen) atoms. The Morgan fingerprint density at radius 2 is 1.79 bits per heavy atom. The summed E-state index contributed by atoms with van der Waals surface area (Å²) in [7, 11) is -2.34. The Hall–Kier alpha value is -2.88. The monoisotopic (exact) mass is 418 g/mol. The van der Waals surface area contributed by atoms with Crippen LogP contribution in [0.1, 0.15) is 39.0 Å².